The van der Waals surface area contributed by atoms with Crippen LogP contribution >= 0.6 is 0 Å². The van der Waals surface area contributed by atoms with Gasteiger partial charge in [-0.2, -0.15) is 0 Å². The van der Waals surface area contributed by atoms with E-state index in [2.05, 4.69) is 27.9 Å². The first-order valence-electron chi connectivity index (χ1n) is 7.26. The third-order valence-corrected chi connectivity index (χ3v) is 3.41. The van der Waals surface area contributed by atoms with Gasteiger partial charge in [-0.05, 0) is 35.7 Å². The van der Waals surface area contributed by atoms with E-state index in [0.29, 0.717) is 17.3 Å². The molecule has 0 saturated carbocycles. The van der Waals surface area contributed by atoms with Crippen LogP contribution in [0.4, 0.5) is 11.5 Å². The second-order valence-corrected chi connectivity index (χ2v) is 5.06. The zero-order valence-corrected chi connectivity index (χ0v) is 12.7. The molecular weight excluding hydrogens is 290 g/mol. The van der Waals surface area contributed by atoms with Gasteiger partial charge in [0, 0.05) is 11.8 Å². The van der Waals surface area contributed by atoms with Crippen molar-refractivity contribution >= 4 is 11.5 Å². The molecule has 0 radical (unpaired) electrons. The van der Waals surface area contributed by atoms with Crippen molar-refractivity contribution in [3.63, 3.8) is 0 Å². The lowest BCUT2D eigenvalue weighted by Crippen LogP contribution is -1.96. The van der Waals surface area contributed by atoms with Crippen molar-refractivity contribution in [2.75, 3.05) is 11.5 Å². The number of aromatic nitrogens is 3. The molecule has 3 aromatic rings. The number of ether oxygens (including phenoxy) is 1. The van der Waals surface area contributed by atoms with Gasteiger partial charge in [-0.25, -0.2) is 15.0 Å². The molecule has 6 nitrogen and oxygen atoms in total. The van der Waals surface area contributed by atoms with Crippen LogP contribution in [0.2, 0.25) is 0 Å². The molecule has 0 saturated heterocycles. The topological polar surface area (TPSA) is 99.9 Å². The van der Waals surface area contributed by atoms with Crippen LogP contribution < -0.4 is 16.2 Å². The predicted molar refractivity (Wildman–Crippen MR) is 90.0 cm³/mol. The highest BCUT2D eigenvalue weighted by molar-refractivity contribution is 5.74. The molecule has 0 fully saturated rings. The van der Waals surface area contributed by atoms with Crippen LogP contribution in [0.3, 0.4) is 0 Å². The van der Waals surface area contributed by atoms with Crippen molar-refractivity contribution in [1.29, 1.82) is 0 Å². The van der Waals surface area contributed by atoms with E-state index in [1.54, 1.807) is 6.20 Å². The first-order valence-corrected chi connectivity index (χ1v) is 7.26. The van der Waals surface area contributed by atoms with Gasteiger partial charge in [0.05, 0.1) is 18.1 Å². The monoisotopic (exact) mass is 307 g/mol. The summed E-state index contributed by atoms with van der Waals surface area (Å²) >= 11 is 0. The number of nitrogen functional groups attached to an aromatic ring is 2. The fourth-order valence-corrected chi connectivity index (χ4v) is 2.13. The highest BCUT2D eigenvalue weighted by atomic mass is 16.5. The molecule has 0 spiro atoms. The second-order valence-electron chi connectivity index (χ2n) is 5.06. The lowest BCUT2D eigenvalue weighted by molar-refractivity contribution is 0.442. The number of hydrogen-bond donors (Lipinski definition) is 2. The van der Waals surface area contributed by atoms with Crippen LogP contribution in [0.5, 0.6) is 11.8 Å². The molecule has 2 heterocycles. The number of pyridine rings is 1. The standard InChI is InChI=1S/C17H17N5O/c1-2-11-7-15(16(19)20-8-11)12-3-5-14(6-4-12)23-17-21-9-13(18)10-22-17/h3-10H,2,18H2,1H3,(H2,19,20). The van der Waals surface area contributed by atoms with Crippen LogP contribution in [0.25, 0.3) is 11.1 Å². The Kier molecular flexibility index (Phi) is 4.05. The van der Waals surface area contributed by atoms with Crippen LogP contribution in [0, 0.1) is 0 Å². The van der Waals surface area contributed by atoms with E-state index in [1.807, 2.05) is 24.3 Å². The Morgan fingerprint density at radius 1 is 0.957 bits per heavy atom. The zero-order valence-electron chi connectivity index (χ0n) is 12.7. The number of benzene rings is 1. The van der Waals surface area contributed by atoms with Crippen LogP contribution in [0.15, 0.2) is 48.9 Å². The van der Waals surface area contributed by atoms with Crippen LogP contribution in [0.1, 0.15) is 12.5 Å². The van der Waals surface area contributed by atoms with Crippen molar-refractivity contribution in [1.82, 2.24) is 15.0 Å². The lowest BCUT2D eigenvalue weighted by atomic mass is 10.0. The van der Waals surface area contributed by atoms with Gasteiger partial charge in [-0.3, -0.25) is 0 Å². The van der Waals surface area contributed by atoms with E-state index in [1.165, 1.54) is 12.4 Å². The van der Waals surface area contributed by atoms with E-state index in [0.717, 1.165) is 23.1 Å². The van der Waals surface area contributed by atoms with E-state index < -0.39 is 0 Å². The Hall–Kier alpha value is -3.15. The number of hydrogen-bond acceptors (Lipinski definition) is 6. The molecule has 0 bridgehead atoms. The number of aryl methyl sites for hydroxylation is 1. The largest absolute Gasteiger partial charge is 0.424 e. The number of anilines is 2. The van der Waals surface area contributed by atoms with Crippen LogP contribution in [-0.4, -0.2) is 15.0 Å². The highest BCUT2D eigenvalue weighted by Gasteiger charge is 2.06. The van der Waals surface area contributed by atoms with Crippen molar-refractivity contribution < 1.29 is 4.74 Å². The summed E-state index contributed by atoms with van der Waals surface area (Å²) in [6.07, 6.45) is 5.71. The maximum Gasteiger partial charge on any atom is 0.322 e. The van der Waals surface area contributed by atoms with Gasteiger partial charge < -0.3 is 16.2 Å². The number of rotatable bonds is 4. The Labute approximate surface area is 134 Å². The maximum absolute atomic E-state index is 5.98. The van der Waals surface area contributed by atoms with Crippen molar-refractivity contribution in [3.8, 4) is 22.9 Å². The molecule has 4 N–H and O–H groups in total. The average molecular weight is 307 g/mol. The molecule has 0 aliphatic rings. The molecule has 116 valence electrons. The lowest BCUT2D eigenvalue weighted by Gasteiger charge is -2.08. The van der Waals surface area contributed by atoms with Gasteiger partial charge in [-0.15, -0.1) is 0 Å². The second kappa shape index (κ2) is 6.31. The highest BCUT2D eigenvalue weighted by Crippen LogP contribution is 2.28. The third-order valence-electron chi connectivity index (χ3n) is 3.41. The molecular formula is C17H17N5O. The zero-order chi connectivity index (χ0) is 16.2. The van der Waals surface area contributed by atoms with Crippen molar-refractivity contribution in [2.24, 2.45) is 0 Å². The SMILES string of the molecule is CCc1cnc(N)c(-c2ccc(Oc3ncc(N)cn3)cc2)c1. The first-order chi connectivity index (χ1) is 11.2. The van der Waals surface area contributed by atoms with E-state index >= 15 is 0 Å². The maximum atomic E-state index is 5.98. The summed E-state index contributed by atoms with van der Waals surface area (Å²) in [5, 5.41) is 0. The molecule has 0 aliphatic carbocycles. The van der Waals surface area contributed by atoms with Crippen LogP contribution in [-0.2, 0) is 6.42 Å². The fraction of sp³-hybridized carbons (Fsp3) is 0.118. The molecule has 1 aromatic carbocycles. The smallest absolute Gasteiger partial charge is 0.322 e. The fourth-order valence-electron chi connectivity index (χ4n) is 2.13. The molecule has 0 atom stereocenters. The molecule has 0 amide bonds. The Balaban J connectivity index is 1.83. The van der Waals surface area contributed by atoms with Gasteiger partial charge in [0.15, 0.2) is 0 Å². The minimum absolute atomic E-state index is 0.251. The van der Waals surface area contributed by atoms with Gasteiger partial charge in [0.2, 0.25) is 0 Å². The first kappa shape index (κ1) is 14.8. The van der Waals surface area contributed by atoms with Gasteiger partial charge in [-0.1, -0.05) is 19.1 Å². The number of nitrogens with two attached hydrogens (primary N) is 2. The summed E-state index contributed by atoms with van der Waals surface area (Å²) in [7, 11) is 0. The molecule has 6 heteroatoms. The van der Waals surface area contributed by atoms with Gasteiger partial charge in [0.1, 0.15) is 11.6 Å². The summed E-state index contributed by atoms with van der Waals surface area (Å²) in [5.41, 5.74) is 15.1. The molecule has 0 unspecified atom stereocenters. The minimum Gasteiger partial charge on any atom is -0.424 e. The Morgan fingerprint density at radius 3 is 2.30 bits per heavy atom. The molecule has 2 aromatic heterocycles. The summed E-state index contributed by atoms with van der Waals surface area (Å²) in [5.74, 6) is 1.15. The van der Waals surface area contributed by atoms with Crippen molar-refractivity contribution in [3.05, 3.63) is 54.5 Å². The van der Waals surface area contributed by atoms with E-state index in [9.17, 15) is 0 Å². The summed E-state index contributed by atoms with van der Waals surface area (Å²) in [6, 6.07) is 9.85. The van der Waals surface area contributed by atoms with Crippen molar-refractivity contribution in [2.45, 2.75) is 13.3 Å². The summed E-state index contributed by atoms with van der Waals surface area (Å²) in [6.45, 7) is 2.08. The summed E-state index contributed by atoms with van der Waals surface area (Å²) in [4.78, 5) is 12.2. The molecule has 23 heavy (non-hydrogen) atoms. The third kappa shape index (κ3) is 3.37. The Morgan fingerprint density at radius 2 is 1.65 bits per heavy atom. The normalized spacial score (nSPS) is 10.5. The van der Waals surface area contributed by atoms with E-state index in [4.69, 9.17) is 16.2 Å². The quantitative estimate of drug-likeness (QED) is 0.768. The Bertz CT molecular complexity index is 800. The molecule has 0 aliphatic heterocycles. The molecule has 3 rings (SSSR count). The van der Waals surface area contributed by atoms with Gasteiger partial charge in [0.25, 0.3) is 0 Å². The van der Waals surface area contributed by atoms with Gasteiger partial charge >= 0.3 is 6.01 Å². The van der Waals surface area contributed by atoms with E-state index in [-0.39, 0.29) is 6.01 Å². The predicted octanol–water partition coefficient (Wildman–Crippen LogP) is 3.06. The minimum atomic E-state index is 0.251. The number of nitrogens with zero attached hydrogens (tertiary/aromatic N) is 3. The summed E-state index contributed by atoms with van der Waals surface area (Å²) < 4.78 is 5.57. The average Bonchev–Trinajstić information content (AvgIpc) is 2.58.